The molecular weight excluding hydrogens is 148 g/mol. The Kier molecular flexibility index (Phi) is 3.35. The molecule has 12 heavy (non-hydrogen) atoms. The molecule has 0 unspecified atom stereocenters. The van der Waals surface area contributed by atoms with Crippen LogP contribution in [0.1, 0.15) is 31.7 Å². The van der Waals surface area contributed by atoms with Crippen molar-refractivity contribution in [3.8, 4) is 0 Å². The highest BCUT2D eigenvalue weighted by Gasteiger charge is 2.03. The van der Waals surface area contributed by atoms with Gasteiger partial charge in [-0.15, -0.1) is 0 Å². The minimum atomic E-state index is 0.650. The molecule has 0 radical (unpaired) electrons. The Bertz CT molecular complexity index is 238. The van der Waals surface area contributed by atoms with E-state index in [4.69, 9.17) is 5.73 Å². The molecule has 1 heterocycles. The molecular formula is C10H18N2. The van der Waals surface area contributed by atoms with Crippen molar-refractivity contribution in [2.45, 2.75) is 39.8 Å². The second kappa shape index (κ2) is 4.31. The lowest BCUT2D eigenvalue weighted by atomic mass is 10.2. The first kappa shape index (κ1) is 9.33. The fourth-order valence-electron chi connectivity index (χ4n) is 1.62. The van der Waals surface area contributed by atoms with E-state index in [1.807, 2.05) is 0 Å². The highest BCUT2D eigenvalue weighted by molar-refractivity contribution is 5.16. The van der Waals surface area contributed by atoms with E-state index < -0.39 is 0 Å². The van der Waals surface area contributed by atoms with Gasteiger partial charge in [-0.25, -0.2) is 0 Å². The Morgan fingerprint density at radius 2 is 1.92 bits per heavy atom. The number of rotatable bonds is 4. The van der Waals surface area contributed by atoms with E-state index in [0.29, 0.717) is 6.54 Å². The Balaban J connectivity index is 2.88. The van der Waals surface area contributed by atoms with Gasteiger partial charge in [0.1, 0.15) is 0 Å². The molecule has 68 valence electrons. The van der Waals surface area contributed by atoms with Crippen LogP contribution in [0, 0.1) is 0 Å². The van der Waals surface area contributed by atoms with E-state index in [2.05, 4.69) is 30.5 Å². The summed E-state index contributed by atoms with van der Waals surface area (Å²) in [5.41, 5.74) is 8.28. The van der Waals surface area contributed by atoms with Crippen molar-refractivity contribution in [1.82, 2.24) is 4.57 Å². The molecule has 2 nitrogen and oxygen atoms in total. The van der Waals surface area contributed by atoms with Gasteiger partial charge in [-0.05, 0) is 25.5 Å². The smallest absolute Gasteiger partial charge is 0.0334 e. The first-order valence-electron chi connectivity index (χ1n) is 4.70. The molecule has 1 aromatic rings. The van der Waals surface area contributed by atoms with Crippen molar-refractivity contribution < 1.29 is 0 Å². The first-order valence-corrected chi connectivity index (χ1v) is 4.70. The first-order chi connectivity index (χ1) is 5.83. The van der Waals surface area contributed by atoms with Gasteiger partial charge in [-0.3, -0.25) is 0 Å². The average molecular weight is 166 g/mol. The summed E-state index contributed by atoms with van der Waals surface area (Å²) in [6, 6.07) is 4.32. The van der Waals surface area contributed by atoms with Crippen molar-refractivity contribution in [2.75, 3.05) is 0 Å². The van der Waals surface area contributed by atoms with Crippen LogP contribution in [-0.2, 0) is 19.5 Å². The second-order valence-electron chi connectivity index (χ2n) is 3.01. The largest absolute Gasteiger partial charge is 0.348 e. The summed E-state index contributed by atoms with van der Waals surface area (Å²) in [7, 11) is 0. The highest BCUT2D eigenvalue weighted by atomic mass is 15.0. The molecule has 0 bridgehead atoms. The zero-order valence-corrected chi connectivity index (χ0v) is 8.01. The minimum absolute atomic E-state index is 0.650. The molecule has 0 spiro atoms. The molecule has 0 saturated heterocycles. The third kappa shape index (κ3) is 1.69. The number of aryl methyl sites for hydroxylation is 1. The molecule has 2 N–H and O–H groups in total. The van der Waals surface area contributed by atoms with Crippen LogP contribution in [0.25, 0.3) is 0 Å². The molecule has 0 saturated carbocycles. The summed E-state index contributed by atoms with van der Waals surface area (Å²) in [6.45, 7) is 6.06. The molecule has 0 fully saturated rings. The van der Waals surface area contributed by atoms with Crippen molar-refractivity contribution >= 4 is 0 Å². The lowest BCUT2D eigenvalue weighted by molar-refractivity contribution is 0.665. The molecule has 1 rings (SSSR count). The number of nitrogens with zero attached hydrogens (tertiary/aromatic N) is 1. The molecule has 0 aromatic carbocycles. The van der Waals surface area contributed by atoms with Crippen LogP contribution in [0.4, 0.5) is 0 Å². The van der Waals surface area contributed by atoms with Crippen LogP contribution in [0.2, 0.25) is 0 Å². The molecule has 2 heteroatoms. The van der Waals surface area contributed by atoms with Gasteiger partial charge in [-0.1, -0.05) is 13.3 Å². The minimum Gasteiger partial charge on any atom is -0.348 e. The SMILES string of the molecule is CCCc1ccc(CN)n1CC. The maximum Gasteiger partial charge on any atom is 0.0334 e. The summed E-state index contributed by atoms with van der Waals surface area (Å²) < 4.78 is 2.31. The fourth-order valence-corrected chi connectivity index (χ4v) is 1.62. The standard InChI is InChI=1S/C10H18N2/c1-3-5-9-6-7-10(8-11)12(9)4-2/h6-7H,3-5,8,11H2,1-2H3. The average Bonchev–Trinajstić information content (AvgIpc) is 2.47. The van der Waals surface area contributed by atoms with Crippen LogP contribution in [-0.4, -0.2) is 4.57 Å². The number of hydrogen-bond donors (Lipinski definition) is 1. The molecule has 1 aromatic heterocycles. The van der Waals surface area contributed by atoms with Gasteiger partial charge < -0.3 is 10.3 Å². The Morgan fingerprint density at radius 3 is 2.42 bits per heavy atom. The molecule has 0 aliphatic heterocycles. The summed E-state index contributed by atoms with van der Waals surface area (Å²) in [5.74, 6) is 0. The van der Waals surface area contributed by atoms with Gasteiger partial charge in [-0.2, -0.15) is 0 Å². The van der Waals surface area contributed by atoms with E-state index in [-0.39, 0.29) is 0 Å². The molecule has 0 amide bonds. The zero-order valence-electron chi connectivity index (χ0n) is 8.01. The number of hydrogen-bond acceptors (Lipinski definition) is 1. The van der Waals surface area contributed by atoms with E-state index in [1.165, 1.54) is 17.8 Å². The molecule has 0 aliphatic carbocycles. The van der Waals surface area contributed by atoms with Gasteiger partial charge >= 0.3 is 0 Å². The van der Waals surface area contributed by atoms with Gasteiger partial charge in [0.05, 0.1) is 0 Å². The fraction of sp³-hybridized carbons (Fsp3) is 0.600. The maximum atomic E-state index is 5.61. The third-order valence-corrected chi connectivity index (χ3v) is 2.19. The van der Waals surface area contributed by atoms with Gasteiger partial charge in [0.15, 0.2) is 0 Å². The number of nitrogens with two attached hydrogens (primary N) is 1. The summed E-state index contributed by atoms with van der Waals surface area (Å²) in [5, 5.41) is 0. The second-order valence-corrected chi connectivity index (χ2v) is 3.01. The van der Waals surface area contributed by atoms with E-state index >= 15 is 0 Å². The van der Waals surface area contributed by atoms with Crippen LogP contribution in [0.3, 0.4) is 0 Å². The Morgan fingerprint density at radius 1 is 1.25 bits per heavy atom. The predicted molar refractivity (Wildman–Crippen MR) is 52.0 cm³/mol. The van der Waals surface area contributed by atoms with Crippen molar-refractivity contribution in [1.29, 1.82) is 0 Å². The lowest BCUT2D eigenvalue weighted by Crippen LogP contribution is -2.08. The third-order valence-electron chi connectivity index (χ3n) is 2.19. The zero-order chi connectivity index (χ0) is 8.97. The summed E-state index contributed by atoms with van der Waals surface area (Å²) in [6.07, 6.45) is 2.36. The normalized spacial score (nSPS) is 10.6. The Labute approximate surface area is 74.4 Å². The van der Waals surface area contributed by atoms with Crippen molar-refractivity contribution in [2.24, 2.45) is 5.73 Å². The van der Waals surface area contributed by atoms with Crippen molar-refractivity contribution in [3.05, 3.63) is 23.5 Å². The van der Waals surface area contributed by atoms with Crippen molar-refractivity contribution in [3.63, 3.8) is 0 Å². The summed E-state index contributed by atoms with van der Waals surface area (Å²) >= 11 is 0. The topological polar surface area (TPSA) is 30.9 Å². The van der Waals surface area contributed by atoms with Crippen LogP contribution in [0.15, 0.2) is 12.1 Å². The van der Waals surface area contributed by atoms with Gasteiger partial charge in [0, 0.05) is 24.5 Å². The predicted octanol–water partition coefficient (Wildman–Crippen LogP) is 1.92. The van der Waals surface area contributed by atoms with E-state index in [9.17, 15) is 0 Å². The van der Waals surface area contributed by atoms with Crippen LogP contribution in [0.5, 0.6) is 0 Å². The maximum absolute atomic E-state index is 5.61. The number of aromatic nitrogens is 1. The summed E-state index contributed by atoms with van der Waals surface area (Å²) in [4.78, 5) is 0. The molecule has 0 atom stereocenters. The van der Waals surface area contributed by atoms with Crippen LogP contribution < -0.4 is 5.73 Å². The van der Waals surface area contributed by atoms with E-state index in [0.717, 1.165) is 13.0 Å². The monoisotopic (exact) mass is 166 g/mol. The van der Waals surface area contributed by atoms with Gasteiger partial charge in [0.2, 0.25) is 0 Å². The quantitative estimate of drug-likeness (QED) is 0.728. The van der Waals surface area contributed by atoms with Gasteiger partial charge in [0.25, 0.3) is 0 Å². The lowest BCUT2D eigenvalue weighted by Gasteiger charge is -2.08. The Hall–Kier alpha value is -0.760. The molecule has 0 aliphatic rings. The van der Waals surface area contributed by atoms with E-state index in [1.54, 1.807) is 0 Å². The van der Waals surface area contributed by atoms with Crippen LogP contribution >= 0.6 is 0 Å². The highest BCUT2D eigenvalue weighted by Crippen LogP contribution is 2.10.